The smallest absolute Gasteiger partial charge is 0.309 e. The van der Waals surface area contributed by atoms with Gasteiger partial charge in [-0.2, -0.15) is 0 Å². The van der Waals surface area contributed by atoms with Gasteiger partial charge >= 0.3 is 5.97 Å². The highest BCUT2D eigenvalue weighted by atomic mass is 16.8. The summed E-state index contributed by atoms with van der Waals surface area (Å²) in [5, 5.41) is 54.4. The summed E-state index contributed by atoms with van der Waals surface area (Å²) in [5.74, 6) is -4.52. The minimum Gasteiger partial charge on any atom is -0.465 e. The standard InChI is InChI=1S/C38H60N4O16/c1-16(44)11-40-26(45)6-5-22(39-2)35(49)41-12-27(46)42-30-21(13-43)31(47)38(58-37(30)51)57-33-20-7-18-14-54-36(50)29(18)28(19(20)10-25-34(33)56-15-55-25)17-8-23(52-3)32(48)24(9-17)53-4/h17-25,28-34,37-39,43,47-48,51H,5-15H2,1-4H3,(H,40,45)(H,41,49)(H,42,46). The molecule has 16 atom stereocenters. The summed E-state index contributed by atoms with van der Waals surface area (Å²) in [5.41, 5.74) is 0. The van der Waals surface area contributed by atoms with Crippen LogP contribution in [0.15, 0.2) is 0 Å². The van der Waals surface area contributed by atoms with Crippen molar-refractivity contribution in [2.75, 3.05) is 54.4 Å². The number of rotatable bonds is 16. The Labute approximate surface area is 336 Å². The Hall–Kier alpha value is -2.89. The average molecular weight is 829 g/mol. The van der Waals surface area contributed by atoms with Gasteiger partial charge in [0.15, 0.2) is 12.6 Å². The molecule has 20 heteroatoms. The number of esters is 1. The van der Waals surface area contributed by atoms with E-state index >= 15 is 0 Å². The summed E-state index contributed by atoms with van der Waals surface area (Å²) in [6.45, 7) is 0.268. The number of fused-ring (bicyclic) bond motifs is 3. The Balaban J connectivity index is 1.12. The van der Waals surface area contributed by atoms with Gasteiger partial charge in [-0.15, -0.1) is 0 Å². The van der Waals surface area contributed by atoms with Crippen molar-refractivity contribution < 1.29 is 77.6 Å². The maximum atomic E-state index is 13.4. The first kappa shape index (κ1) is 44.7. The molecule has 0 bridgehead atoms. The second-order valence-electron chi connectivity index (χ2n) is 16.5. The summed E-state index contributed by atoms with van der Waals surface area (Å²) in [6, 6.07) is -2.12. The van der Waals surface area contributed by atoms with Crippen molar-refractivity contribution in [3.63, 3.8) is 0 Å². The molecule has 0 spiro atoms. The second-order valence-corrected chi connectivity index (χ2v) is 16.5. The molecule has 328 valence electrons. The van der Waals surface area contributed by atoms with Gasteiger partial charge in [-0.3, -0.25) is 24.0 Å². The van der Waals surface area contributed by atoms with Crippen molar-refractivity contribution in [2.45, 2.75) is 113 Å². The number of carbonyl (C=O) groups excluding carboxylic acids is 5. The number of aliphatic hydroxyl groups excluding tert-OH is 4. The zero-order chi connectivity index (χ0) is 41.8. The van der Waals surface area contributed by atoms with Crippen molar-refractivity contribution in [3.05, 3.63) is 0 Å². The lowest BCUT2D eigenvalue weighted by Crippen LogP contribution is -2.65. The molecule has 3 aliphatic carbocycles. The average Bonchev–Trinajstić information content (AvgIpc) is 3.83. The zero-order valence-corrected chi connectivity index (χ0v) is 33.4. The largest absolute Gasteiger partial charge is 0.465 e. The number of carbonyl (C=O) groups is 5. The number of likely N-dealkylation sites (N-methyl/N-ethyl adjacent to an activating group) is 1. The topological polar surface area (TPSA) is 279 Å². The first-order valence-corrected chi connectivity index (χ1v) is 20.2. The molecule has 3 aliphatic heterocycles. The van der Waals surface area contributed by atoms with Crippen LogP contribution in [0.2, 0.25) is 0 Å². The lowest BCUT2D eigenvalue weighted by Gasteiger charge is -2.55. The van der Waals surface area contributed by atoms with Gasteiger partial charge in [-0.1, -0.05) is 0 Å². The zero-order valence-electron chi connectivity index (χ0n) is 33.4. The van der Waals surface area contributed by atoms with Gasteiger partial charge in [0.05, 0.1) is 68.7 Å². The third-order valence-electron chi connectivity index (χ3n) is 13.3. The van der Waals surface area contributed by atoms with Gasteiger partial charge in [0, 0.05) is 32.5 Å². The first-order valence-electron chi connectivity index (χ1n) is 20.2. The number of ketones is 1. The van der Waals surface area contributed by atoms with Crippen LogP contribution < -0.4 is 21.3 Å². The van der Waals surface area contributed by atoms with E-state index in [0.29, 0.717) is 25.7 Å². The van der Waals surface area contributed by atoms with Crippen LogP contribution in [0.4, 0.5) is 0 Å². The maximum absolute atomic E-state index is 13.4. The fourth-order valence-corrected chi connectivity index (χ4v) is 10.4. The minimum absolute atomic E-state index is 0.00739. The lowest BCUT2D eigenvalue weighted by molar-refractivity contribution is -0.338. The predicted octanol–water partition coefficient (Wildman–Crippen LogP) is -3.32. The number of aliphatic hydroxyl groups is 4. The molecule has 3 saturated heterocycles. The van der Waals surface area contributed by atoms with Crippen molar-refractivity contribution in [1.82, 2.24) is 21.3 Å². The van der Waals surface area contributed by atoms with E-state index in [1.807, 2.05) is 0 Å². The van der Waals surface area contributed by atoms with E-state index in [1.54, 1.807) is 14.2 Å². The number of hydrogen-bond donors (Lipinski definition) is 8. The molecular weight excluding hydrogens is 768 g/mol. The van der Waals surface area contributed by atoms with Gasteiger partial charge in [0.1, 0.15) is 30.9 Å². The quantitative estimate of drug-likeness (QED) is 0.0707. The SMILES string of the molecule is CNC(CCC(=O)NCC(C)=O)C(=O)NCC(=O)NC1C(O)OC(OC2C3CC4COC(=O)C4C(C4CC(OC)C(O)C(OC)C4)C3CC3OCOC32)C(O)C1CO. The van der Waals surface area contributed by atoms with Gasteiger partial charge in [0.25, 0.3) is 0 Å². The molecule has 8 N–H and O–H groups in total. The van der Waals surface area contributed by atoms with Crippen LogP contribution in [0.3, 0.4) is 0 Å². The summed E-state index contributed by atoms with van der Waals surface area (Å²) < 4.78 is 41.6. The Morgan fingerprint density at radius 2 is 1.62 bits per heavy atom. The van der Waals surface area contributed by atoms with Crippen LogP contribution >= 0.6 is 0 Å². The van der Waals surface area contributed by atoms with Crippen LogP contribution in [0.5, 0.6) is 0 Å². The molecule has 3 saturated carbocycles. The molecule has 0 radical (unpaired) electrons. The number of cyclic esters (lactones) is 1. The van der Waals surface area contributed by atoms with Crippen LogP contribution in [0.25, 0.3) is 0 Å². The first-order chi connectivity index (χ1) is 27.8. The Kier molecular flexibility index (Phi) is 15.1. The third-order valence-corrected chi connectivity index (χ3v) is 13.3. The molecule has 3 heterocycles. The highest BCUT2D eigenvalue weighted by Crippen LogP contribution is 2.58. The van der Waals surface area contributed by atoms with Gasteiger partial charge in [-0.05, 0) is 69.7 Å². The van der Waals surface area contributed by atoms with Crippen LogP contribution in [0, 0.1) is 41.4 Å². The molecule has 6 rings (SSSR count). The van der Waals surface area contributed by atoms with E-state index in [-0.39, 0.29) is 74.1 Å². The third kappa shape index (κ3) is 9.52. The Bertz CT molecular complexity index is 1460. The van der Waals surface area contributed by atoms with Crippen LogP contribution in [-0.2, 0) is 57.1 Å². The van der Waals surface area contributed by atoms with Crippen LogP contribution in [-0.4, -0.2) is 172 Å². The predicted molar refractivity (Wildman–Crippen MR) is 196 cm³/mol. The number of ether oxygens (including phenoxy) is 7. The van der Waals surface area contributed by atoms with Crippen molar-refractivity contribution in [1.29, 1.82) is 0 Å². The molecule has 0 aromatic heterocycles. The van der Waals surface area contributed by atoms with E-state index in [0.717, 1.165) is 0 Å². The van der Waals surface area contributed by atoms with Crippen molar-refractivity contribution >= 4 is 29.5 Å². The number of methoxy groups -OCH3 is 2. The Morgan fingerprint density at radius 1 is 0.897 bits per heavy atom. The van der Waals surface area contributed by atoms with E-state index in [4.69, 9.17) is 33.2 Å². The van der Waals surface area contributed by atoms with Crippen molar-refractivity contribution in [2.24, 2.45) is 41.4 Å². The number of Topliss-reactive ketones (excluding diaryl/α,β-unsaturated/α-hetero) is 1. The number of nitrogens with one attached hydrogen (secondary N) is 4. The fourth-order valence-electron chi connectivity index (χ4n) is 10.4. The van der Waals surface area contributed by atoms with Crippen molar-refractivity contribution in [3.8, 4) is 0 Å². The number of amides is 3. The fraction of sp³-hybridized carbons (Fsp3) is 0.868. The van der Waals surface area contributed by atoms with E-state index in [9.17, 15) is 44.4 Å². The second kappa shape index (κ2) is 19.7. The van der Waals surface area contributed by atoms with Gasteiger partial charge < -0.3 is 74.9 Å². The van der Waals surface area contributed by atoms with Crippen LogP contribution in [0.1, 0.15) is 45.4 Å². The molecule has 0 aromatic carbocycles. The molecular formula is C38H60N4O16. The molecule has 20 nitrogen and oxygen atoms in total. The van der Waals surface area contributed by atoms with E-state index in [2.05, 4.69) is 21.3 Å². The summed E-state index contributed by atoms with van der Waals surface area (Å²) in [4.78, 5) is 62.3. The van der Waals surface area contributed by atoms with Gasteiger partial charge in [0.2, 0.25) is 17.7 Å². The highest BCUT2D eigenvalue weighted by molar-refractivity contribution is 5.88. The monoisotopic (exact) mass is 828 g/mol. The van der Waals surface area contributed by atoms with E-state index < -0.39 is 110 Å². The molecule has 0 aromatic rings. The highest BCUT2D eigenvalue weighted by Gasteiger charge is 2.62. The molecule has 58 heavy (non-hydrogen) atoms. The minimum atomic E-state index is -1.74. The molecule has 6 aliphatic rings. The van der Waals surface area contributed by atoms with E-state index in [1.165, 1.54) is 14.0 Å². The summed E-state index contributed by atoms with van der Waals surface area (Å²) >= 11 is 0. The maximum Gasteiger partial charge on any atom is 0.309 e. The number of hydrogen-bond acceptors (Lipinski definition) is 17. The van der Waals surface area contributed by atoms with Gasteiger partial charge in [-0.25, -0.2) is 0 Å². The summed E-state index contributed by atoms with van der Waals surface area (Å²) in [7, 11) is 4.61. The lowest BCUT2D eigenvalue weighted by atomic mass is 9.52. The molecule has 16 unspecified atom stereocenters. The summed E-state index contributed by atoms with van der Waals surface area (Å²) in [6.07, 6.45) is -6.13. The normalized spacial score (nSPS) is 41.3. The molecule has 3 amide bonds. The molecule has 6 fully saturated rings. The Morgan fingerprint density at radius 3 is 2.28 bits per heavy atom.